The van der Waals surface area contributed by atoms with E-state index in [4.69, 9.17) is 4.74 Å². The third-order valence-electron chi connectivity index (χ3n) is 12.0. The molecule has 8 rings (SSSR count). The van der Waals surface area contributed by atoms with Gasteiger partial charge in [0, 0.05) is 11.8 Å². The van der Waals surface area contributed by atoms with E-state index in [9.17, 15) is 9.59 Å². The van der Waals surface area contributed by atoms with Gasteiger partial charge in [-0.05, 0) is 96.8 Å². The van der Waals surface area contributed by atoms with Gasteiger partial charge in [0.25, 0.3) is 0 Å². The molecule has 31 heavy (non-hydrogen) atoms. The van der Waals surface area contributed by atoms with Crippen LogP contribution in [0.4, 0.5) is 0 Å². The predicted octanol–water partition coefficient (Wildman–Crippen LogP) is 4.40. The molecule has 0 unspecified atom stereocenters. The number of esters is 1. The highest BCUT2D eigenvalue weighted by Crippen LogP contribution is 2.85. The summed E-state index contributed by atoms with van der Waals surface area (Å²) in [6, 6.07) is 10.8. The van der Waals surface area contributed by atoms with Crippen LogP contribution in [0.2, 0.25) is 0 Å². The molecule has 0 heterocycles. The zero-order valence-electron chi connectivity index (χ0n) is 18.3. The monoisotopic (exact) mass is 416 g/mol. The zero-order valence-corrected chi connectivity index (χ0v) is 18.3. The van der Waals surface area contributed by atoms with E-state index in [1.807, 2.05) is 0 Å². The lowest BCUT2D eigenvalue weighted by Crippen LogP contribution is -2.48. The van der Waals surface area contributed by atoms with Crippen molar-refractivity contribution in [3.63, 3.8) is 0 Å². The van der Waals surface area contributed by atoms with Gasteiger partial charge in [0.2, 0.25) is 0 Å². The van der Waals surface area contributed by atoms with Gasteiger partial charge in [-0.15, -0.1) is 0 Å². The minimum atomic E-state index is -0.370. The Balaban J connectivity index is 1.37. The second-order valence-electron chi connectivity index (χ2n) is 12.2. The van der Waals surface area contributed by atoms with E-state index in [0.717, 1.165) is 19.3 Å². The lowest BCUT2D eigenvalue weighted by Gasteiger charge is -2.42. The van der Waals surface area contributed by atoms with E-state index in [1.165, 1.54) is 24.8 Å². The van der Waals surface area contributed by atoms with Crippen molar-refractivity contribution in [3.05, 3.63) is 35.9 Å². The van der Waals surface area contributed by atoms with Crippen LogP contribution in [0.25, 0.3) is 0 Å². The van der Waals surface area contributed by atoms with Crippen molar-refractivity contribution < 1.29 is 14.3 Å². The van der Waals surface area contributed by atoms with Crippen molar-refractivity contribution >= 4 is 11.8 Å². The Morgan fingerprint density at radius 3 is 2.45 bits per heavy atom. The molecule has 162 valence electrons. The van der Waals surface area contributed by atoms with Crippen LogP contribution in [0.15, 0.2) is 30.3 Å². The van der Waals surface area contributed by atoms with E-state index in [0.29, 0.717) is 76.8 Å². The van der Waals surface area contributed by atoms with Crippen LogP contribution in [-0.4, -0.2) is 18.9 Å². The van der Waals surface area contributed by atoms with Gasteiger partial charge in [0.15, 0.2) is 0 Å². The first kappa shape index (κ1) is 17.9. The molecular weight excluding hydrogens is 384 g/mol. The molecule has 7 aliphatic carbocycles. The summed E-state index contributed by atoms with van der Waals surface area (Å²) in [5.41, 5.74) is 0.927. The first-order valence-corrected chi connectivity index (χ1v) is 12.8. The smallest absolute Gasteiger partial charge is 0.312 e. The van der Waals surface area contributed by atoms with Gasteiger partial charge in [-0.25, -0.2) is 0 Å². The summed E-state index contributed by atoms with van der Waals surface area (Å²) in [7, 11) is 1.63. The highest BCUT2D eigenvalue weighted by Gasteiger charge is 2.85. The largest absolute Gasteiger partial charge is 0.469 e. The minimum absolute atomic E-state index is 0.0818. The summed E-state index contributed by atoms with van der Waals surface area (Å²) in [5, 5.41) is 0. The standard InChI is InChI=1S/C28H32O3/c1-31-27(30)28(12-13-6-3-2-4-7-13)24-15-9-5-8-14(15)19-21(24)22-20-18-16(25(22)28)10-11-17(18)26(29)23(19)20/h2-4,6-7,14-25H,5,8-12H2,1H3/t14-,15+,16+,17+,18-,19-,20+,21-,22+,23-,24+,25-,28-/m0/s1. The van der Waals surface area contributed by atoms with E-state index in [2.05, 4.69) is 30.3 Å². The fourth-order valence-corrected chi connectivity index (χ4v) is 12.1. The van der Waals surface area contributed by atoms with Gasteiger partial charge in [-0.2, -0.15) is 0 Å². The molecule has 0 spiro atoms. The maximum absolute atomic E-state index is 14.0. The summed E-state index contributed by atoms with van der Waals surface area (Å²) in [4.78, 5) is 27.6. The number of methoxy groups -OCH3 is 1. The van der Waals surface area contributed by atoms with Crippen molar-refractivity contribution in [3.8, 4) is 0 Å². The number of Topliss-reactive ketones (excluding diaryl/α,β-unsaturated/α-hetero) is 1. The molecule has 13 atom stereocenters. The Morgan fingerprint density at radius 2 is 1.65 bits per heavy atom. The van der Waals surface area contributed by atoms with E-state index in [1.54, 1.807) is 7.11 Å². The Bertz CT molecular complexity index is 977. The van der Waals surface area contributed by atoms with E-state index >= 15 is 0 Å². The molecule has 7 aliphatic rings. The number of hydrogen-bond acceptors (Lipinski definition) is 3. The van der Waals surface area contributed by atoms with Crippen LogP contribution in [0.3, 0.4) is 0 Å². The molecule has 0 radical (unpaired) electrons. The molecule has 1 aromatic carbocycles. The molecule has 7 saturated carbocycles. The summed E-state index contributed by atoms with van der Waals surface area (Å²) < 4.78 is 5.73. The molecule has 3 nitrogen and oxygen atoms in total. The number of rotatable bonds is 3. The number of fused-ring (bicyclic) bond motifs is 5. The third kappa shape index (κ3) is 1.74. The van der Waals surface area contributed by atoms with Gasteiger partial charge >= 0.3 is 5.97 Å². The van der Waals surface area contributed by atoms with Crippen LogP contribution >= 0.6 is 0 Å². The van der Waals surface area contributed by atoms with Gasteiger partial charge < -0.3 is 4.74 Å². The Morgan fingerprint density at radius 1 is 0.903 bits per heavy atom. The van der Waals surface area contributed by atoms with E-state index < -0.39 is 0 Å². The van der Waals surface area contributed by atoms with Crippen LogP contribution in [-0.2, 0) is 20.7 Å². The van der Waals surface area contributed by atoms with E-state index in [-0.39, 0.29) is 11.4 Å². The molecule has 3 heteroatoms. The van der Waals surface area contributed by atoms with Crippen molar-refractivity contribution in [1.82, 2.24) is 0 Å². The number of carbonyl (C=O) groups excluding carboxylic acids is 2. The number of benzene rings is 1. The van der Waals surface area contributed by atoms with Gasteiger partial charge in [-0.3, -0.25) is 9.59 Å². The number of ketones is 1. The molecule has 1 aromatic rings. The molecule has 0 saturated heterocycles. The van der Waals surface area contributed by atoms with Gasteiger partial charge in [0.05, 0.1) is 12.5 Å². The maximum atomic E-state index is 14.0. The number of hydrogen-bond donors (Lipinski definition) is 0. The summed E-state index contributed by atoms with van der Waals surface area (Å²) in [6.45, 7) is 0. The molecule has 0 amide bonds. The molecule has 0 bridgehead atoms. The molecule has 0 aliphatic heterocycles. The highest BCUT2D eigenvalue weighted by molar-refractivity contribution is 5.89. The Hall–Kier alpha value is -1.64. The molecule has 0 N–H and O–H groups in total. The second kappa shape index (κ2) is 5.64. The summed E-state index contributed by atoms with van der Waals surface area (Å²) in [5.74, 6) is 7.15. The van der Waals surface area contributed by atoms with Crippen LogP contribution in [0, 0.1) is 76.4 Å². The third-order valence-corrected chi connectivity index (χ3v) is 12.0. The van der Waals surface area contributed by atoms with Crippen molar-refractivity contribution in [2.45, 2.75) is 38.5 Å². The van der Waals surface area contributed by atoms with Gasteiger partial charge in [0.1, 0.15) is 5.78 Å². The molecule has 7 fully saturated rings. The van der Waals surface area contributed by atoms with Crippen molar-refractivity contribution in [2.24, 2.45) is 76.4 Å². The number of carbonyl (C=O) groups is 2. The fraction of sp³-hybridized carbons (Fsp3) is 0.714. The van der Waals surface area contributed by atoms with Crippen LogP contribution < -0.4 is 0 Å². The summed E-state index contributed by atoms with van der Waals surface area (Å²) >= 11 is 0. The zero-order chi connectivity index (χ0) is 20.6. The first-order valence-electron chi connectivity index (χ1n) is 12.8. The predicted molar refractivity (Wildman–Crippen MR) is 115 cm³/mol. The molecule has 0 aromatic heterocycles. The average Bonchev–Trinajstić information content (AvgIpc) is 3.57. The lowest BCUT2D eigenvalue weighted by atomic mass is 9.60. The normalized spacial score (nSPS) is 56.4. The Kier molecular flexibility index (Phi) is 3.25. The fourth-order valence-electron chi connectivity index (χ4n) is 12.1. The summed E-state index contributed by atoms with van der Waals surface area (Å²) in [6.07, 6.45) is 6.93. The first-order chi connectivity index (χ1) is 15.2. The van der Waals surface area contributed by atoms with Crippen molar-refractivity contribution in [1.29, 1.82) is 0 Å². The molecular formula is C28H32O3. The second-order valence-corrected chi connectivity index (χ2v) is 12.2. The van der Waals surface area contributed by atoms with Gasteiger partial charge in [-0.1, -0.05) is 36.8 Å². The van der Waals surface area contributed by atoms with Crippen LogP contribution in [0.5, 0.6) is 0 Å². The average molecular weight is 417 g/mol. The maximum Gasteiger partial charge on any atom is 0.312 e. The lowest BCUT2D eigenvalue weighted by molar-refractivity contribution is -0.162. The van der Waals surface area contributed by atoms with Crippen molar-refractivity contribution in [2.75, 3.05) is 7.11 Å². The van der Waals surface area contributed by atoms with Crippen LogP contribution in [0.1, 0.15) is 37.7 Å². The minimum Gasteiger partial charge on any atom is -0.469 e. The Labute approximate surface area is 184 Å². The number of ether oxygens (including phenoxy) is 1. The topological polar surface area (TPSA) is 43.4 Å². The SMILES string of the molecule is COC(=O)[C@@]1(Cc2ccccc2)[C@@H]2[C@@H]3CCC[C@@H]3[C@@H]3[C@@H]4C(=O)[C@@H]5CC[C@@H]6[C@@H]5[C@@H]4[C@H]([C@H]32)[C@H]61. The highest BCUT2D eigenvalue weighted by atomic mass is 16.5. The quantitative estimate of drug-likeness (QED) is 0.686.